The maximum Gasteiger partial charge on any atom is 0.271 e. The SMILES string of the molecule is Cc1ccc(N2C(=O)[C@H]3C4c5ccccc5C(/C=N\NC(=O)c5ccc(F)cc5)(c5ccccc54)[C@H]3C2=O)c(Br)c1. The second kappa shape index (κ2) is 9.31. The van der Waals surface area contributed by atoms with Crippen LogP contribution in [0.4, 0.5) is 10.1 Å². The lowest BCUT2D eigenvalue weighted by atomic mass is 9.47. The Kier molecular flexibility index (Phi) is 5.80. The summed E-state index contributed by atoms with van der Waals surface area (Å²) in [5.41, 5.74) is 6.90. The predicted molar refractivity (Wildman–Crippen MR) is 156 cm³/mol. The first kappa shape index (κ1) is 25.5. The van der Waals surface area contributed by atoms with Crippen molar-refractivity contribution in [3.63, 3.8) is 0 Å². The van der Waals surface area contributed by atoms with Crippen molar-refractivity contribution < 1.29 is 18.8 Å². The summed E-state index contributed by atoms with van der Waals surface area (Å²) in [4.78, 5) is 42.9. The number of carbonyl (C=O) groups is 3. The molecule has 1 heterocycles. The van der Waals surface area contributed by atoms with Crippen molar-refractivity contribution >= 4 is 45.6 Å². The fourth-order valence-electron chi connectivity index (χ4n) is 6.94. The van der Waals surface area contributed by atoms with Gasteiger partial charge in [-0.3, -0.25) is 14.4 Å². The minimum atomic E-state index is -1.11. The number of imide groups is 1. The number of amides is 3. The summed E-state index contributed by atoms with van der Waals surface area (Å²) in [6, 6.07) is 26.4. The summed E-state index contributed by atoms with van der Waals surface area (Å²) >= 11 is 3.57. The summed E-state index contributed by atoms with van der Waals surface area (Å²) in [6.07, 6.45) is 1.61. The molecule has 1 saturated heterocycles. The molecule has 0 aromatic heterocycles. The molecule has 0 unspecified atom stereocenters. The summed E-state index contributed by atoms with van der Waals surface area (Å²) in [6.45, 7) is 1.95. The molecule has 6 nitrogen and oxygen atoms in total. The lowest BCUT2D eigenvalue weighted by molar-refractivity contribution is -0.122. The molecule has 2 bridgehead atoms. The van der Waals surface area contributed by atoms with E-state index < -0.39 is 29.0 Å². The zero-order valence-corrected chi connectivity index (χ0v) is 23.4. The van der Waals surface area contributed by atoms with Gasteiger partial charge in [0.25, 0.3) is 5.91 Å². The largest absolute Gasteiger partial charge is 0.274 e. The van der Waals surface area contributed by atoms with Gasteiger partial charge in [0.15, 0.2) is 0 Å². The number of benzene rings is 4. The van der Waals surface area contributed by atoms with Crippen LogP contribution in [0, 0.1) is 24.6 Å². The number of rotatable bonds is 4. The van der Waals surface area contributed by atoms with Gasteiger partial charge >= 0.3 is 0 Å². The van der Waals surface area contributed by atoms with Gasteiger partial charge < -0.3 is 0 Å². The molecule has 2 atom stereocenters. The topological polar surface area (TPSA) is 78.8 Å². The van der Waals surface area contributed by atoms with Crippen LogP contribution in [0.3, 0.4) is 0 Å². The van der Waals surface area contributed by atoms with Crippen molar-refractivity contribution in [3.8, 4) is 0 Å². The third-order valence-electron chi connectivity index (χ3n) is 8.57. The molecule has 0 radical (unpaired) electrons. The second-order valence-electron chi connectivity index (χ2n) is 10.7. The van der Waals surface area contributed by atoms with Gasteiger partial charge in [-0.05, 0) is 87.1 Å². The Morgan fingerprint density at radius 1 is 0.927 bits per heavy atom. The normalized spacial score (nSPS) is 23.9. The molecule has 3 amide bonds. The number of nitrogens with zero attached hydrogens (tertiary/aromatic N) is 2. The van der Waals surface area contributed by atoms with Crippen LogP contribution in [0.5, 0.6) is 0 Å². The van der Waals surface area contributed by atoms with Crippen LogP contribution in [0.2, 0.25) is 0 Å². The molecule has 8 heteroatoms. The van der Waals surface area contributed by atoms with Crippen LogP contribution < -0.4 is 10.3 Å². The van der Waals surface area contributed by atoms with E-state index in [1.807, 2.05) is 67.6 Å². The maximum atomic E-state index is 14.5. The Hall–Kier alpha value is -4.43. The minimum absolute atomic E-state index is 0.245. The van der Waals surface area contributed by atoms with Crippen molar-refractivity contribution in [2.45, 2.75) is 18.3 Å². The van der Waals surface area contributed by atoms with Crippen LogP contribution in [0.1, 0.15) is 44.1 Å². The fourth-order valence-corrected chi connectivity index (χ4v) is 7.61. The van der Waals surface area contributed by atoms with E-state index in [9.17, 15) is 18.8 Å². The first-order chi connectivity index (χ1) is 19.8. The first-order valence-corrected chi connectivity index (χ1v) is 14.0. The van der Waals surface area contributed by atoms with Crippen LogP contribution in [-0.2, 0) is 15.0 Å². The monoisotopic (exact) mass is 607 g/mol. The minimum Gasteiger partial charge on any atom is -0.274 e. The van der Waals surface area contributed by atoms with Crippen LogP contribution in [0.25, 0.3) is 0 Å². The van der Waals surface area contributed by atoms with Gasteiger partial charge in [-0.15, -0.1) is 0 Å². The summed E-state index contributed by atoms with van der Waals surface area (Å²) < 4.78 is 14.1. The summed E-state index contributed by atoms with van der Waals surface area (Å²) in [7, 11) is 0. The van der Waals surface area contributed by atoms with Crippen LogP contribution >= 0.6 is 15.9 Å². The molecule has 0 saturated carbocycles. The van der Waals surface area contributed by atoms with Crippen molar-refractivity contribution in [3.05, 3.63) is 135 Å². The van der Waals surface area contributed by atoms with Gasteiger partial charge in [-0.1, -0.05) is 54.6 Å². The van der Waals surface area contributed by atoms with Gasteiger partial charge in [0.05, 0.1) is 22.9 Å². The molecule has 4 aliphatic rings. The Bertz CT molecular complexity index is 1750. The van der Waals surface area contributed by atoms with E-state index in [1.165, 1.54) is 29.2 Å². The molecule has 202 valence electrons. The number of carbonyl (C=O) groups excluding carboxylic acids is 3. The summed E-state index contributed by atoms with van der Waals surface area (Å²) in [5.74, 6) is -3.26. The third-order valence-corrected chi connectivity index (χ3v) is 9.20. The number of nitrogens with one attached hydrogen (secondary N) is 1. The average Bonchev–Trinajstić information content (AvgIpc) is 3.24. The average molecular weight is 608 g/mol. The number of aryl methyl sites for hydroxylation is 1. The Morgan fingerprint density at radius 3 is 2.20 bits per heavy atom. The molecule has 8 rings (SSSR count). The van der Waals surface area contributed by atoms with Gasteiger partial charge in [0.2, 0.25) is 11.8 Å². The van der Waals surface area contributed by atoms with Gasteiger partial charge in [-0.2, -0.15) is 5.10 Å². The van der Waals surface area contributed by atoms with E-state index >= 15 is 0 Å². The van der Waals surface area contributed by atoms with Crippen LogP contribution in [0.15, 0.2) is 101 Å². The molecule has 3 aliphatic carbocycles. The number of hydrogen-bond donors (Lipinski definition) is 1. The zero-order valence-electron chi connectivity index (χ0n) is 21.8. The van der Waals surface area contributed by atoms with E-state index in [1.54, 1.807) is 12.3 Å². The Balaban J connectivity index is 1.40. The zero-order chi connectivity index (χ0) is 28.5. The van der Waals surface area contributed by atoms with E-state index in [2.05, 4.69) is 26.5 Å². The number of anilines is 1. The number of hydrogen-bond acceptors (Lipinski definition) is 4. The highest BCUT2D eigenvalue weighted by Crippen LogP contribution is 2.63. The van der Waals surface area contributed by atoms with E-state index in [4.69, 9.17) is 0 Å². The van der Waals surface area contributed by atoms with Crippen molar-refractivity contribution in [2.75, 3.05) is 4.90 Å². The fraction of sp³-hybridized carbons (Fsp3) is 0.152. The third kappa shape index (κ3) is 3.60. The smallest absolute Gasteiger partial charge is 0.271 e. The highest BCUT2D eigenvalue weighted by molar-refractivity contribution is 9.10. The maximum absolute atomic E-state index is 14.5. The highest BCUT2D eigenvalue weighted by Gasteiger charge is 2.68. The van der Waals surface area contributed by atoms with Crippen LogP contribution in [-0.4, -0.2) is 23.9 Å². The molecule has 41 heavy (non-hydrogen) atoms. The van der Waals surface area contributed by atoms with Gasteiger partial charge in [0, 0.05) is 22.2 Å². The number of hydrazone groups is 1. The Labute approximate surface area is 244 Å². The quantitative estimate of drug-likeness (QED) is 0.179. The standard InChI is InChI=1S/C33H23BrFN3O3/c1-18-10-15-26(25(34)16-18)38-31(40)28-27-21-6-2-4-8-23(21)33(29(28)32(38)41,24-9-5-3-7-22(24)27)17-36-37-30(39)19-11-13-20(35)14-12-19/h2-17,27-29H,1H3,(H,37,39)/b36-17-/t27?,28-,29+,33?/m0/s1. The van der Waals surface area contributed by atoms with Gasteiger partial charge in [-0.25, -0.2) is 14.7 Å². The highest BCUT2D eigenvalue weighted by atomic mass is 79.9. The lowest BCUT2D eigenvalue weighted by Gasteiger charge is -2.52. The molecule has 4 aromatic rings. The molecule has 1 N–H and O–H groups in total. The molecular formula is C33H23BrFN3O3. The molecular weight excluding hydrogens is 585 g/mol. The van der Waals surface area contributed by atoms with Crippen molar-refractivity contribution in [1.29, 1.82) is 0 Å². The molecule has 4 aromatic carbocycles. The van der Waals surface area contributed by atoms with Gasteiger partial charge in [0.1, 0.15) is 5.82 Å². The molecule has 1 aliphatic heterocycles. The first-order valence-electron chi connectivity index (χ1n) is 13.3. The molecule has 1 fully saturated rings. The lowest BCUT2D eigenvalue weighted by Crippen LogP contribution is -2.54. The van der Waals surface area contributed by atoms with E-state index in [0.717, 1.165) is 27.8 Å². The number of halogens is 2. The van der Waals surface area contributed by atoms with Crippen molar-refractivity contribution in [2.24, 2.45) is 16.9 Å². The van der Waals surface area contributed by atoms with E-state index in [-0.39, 0.29) is 23.3 Å². The second-order valence-corrected chi connectivity index (χ2v) is 11.6. The molecule has 0 spiro atoms. The van der Waals surface area contributed by atoms with Crippen molar-refractivity contribution in [1.82, 2.24) is 5.43 Å². The predicted octanol–water partition coefficient (Wildman–Crippen LogP) is 5.86. The van der Waals surface area contributed by atoms with E-state index in [0.29, 0.717) is 10.2 Å². The Morgan fingerprint density at radius 2 is 1.56 bits per heavy atom. The summed E-state index contributed by atoms with van der Waals surface area (Å²) in [5, 5.41) is 4.40.